The highest BCUT2D eigenvalue weighted by Crippen LogP contribution is 2.20. The summed E-state index contributed by atoms with van der Waals surface area (Å²) in [5.74, 6) is 0.625. The van der Waals surface area contributed by atoms with Crippen LogP contribution >= 0.6 is 0 Å². The fourth-order valence-electron chi connectivity index (χ4n) is 2.53. The monoisotopic (exact) mass is 310 g/mol. The number of hydrogen-bond donors (Lipinski definition) is 2. The second-order valence-corrected chi connectivity index (χ2v) is 6.72. The lowest BCUT2D eigenvalue weighted by atomic mass is 10.0. The second kappa shape index (κ2) is 7.04. The fraction of sp³-hybridized carbons (Fsp3) is 0.857. The smallest absolute Gasteiger partial charge is 0.410 e. The Labute approximate surface area is 131 Å². The van der Waals surface area contributed by atoms with Gasteiger partial charge in [0, 0.05) is 19.1 Å². The molecule has 0 radical (unpaired) electrons. The Morgan fingerprint density at radius 2 is 2.27 bits per heavy atom. The zero-order valence-electron chi connectivity index (χ0n) is 13.8. The van der Waals surface area contributed by atoms with Gasteiger partial charge in [-0.3, -0.25) is 0 Å². The maximum absolute atomic E-state index is 12.3. The van der Waals surface area contributed by atoms with E-state index in [0.29, 0.717) is 12.4 Å². The predicted octanol–water partition coefficient (Wildman–Crippen LogP) is 1.64. The average molecular weight is 310 g/mol. The Balaban J connectivity index is 1.90. The number of carbonyl (C=O) groups excluding carboxylic acids is 1. The molecule has 0 aliphatic carbocycles. The molecule has 0 bridgehead atoms. The number of nitrogens with zero attached hydrogens (tertiary/aromatic N) is 4. The maximum Gasteiger partial charge on any atom is 0.410 e. The van der Waals surface area contributed by atoms with Crippen molar-refractivity contribution in [1.29, 1.82) is 0 Å². The summed E-state index contributed by atoms with van der Waals surface area (Å²) in [5.41, 5.74) is -0.468. The zero-order valence-corrected chi connectivity index (χ0v) is 13.8. The van der Waals surface area contributed by atoms with E-state index in [-0.39, 0.29) is 18.2 Å². The minimum Gasteiger partial charge on any atom is -0.444 e. The van der Waals surface area contributed by atoms with E-state index in [9.17, 15) is 4.79 Å². The topological polar surface area (TPSA) is 96.0 Å². The number of amides is 1. The van der Waals surface area contributed by atoms with Crippen LogP contribution in [-0.2, 0) is 4.74 Å². The molecule has 2 heterocycles. The third kappa shape index (κ3) is 4.66. The molecule has 2 rings (SSSR count). The van der Waals surface area contributed by atoms with Crippen LogP contribution in [0.2, 0.25) is 0 Å². The van der Waals surface area contributed by atoms with Gasteiger partial charge in [0.25, 0.3) is 0 Å². The van der Waals surface area contributed by atoms with E-state index >= 15 is 0 Å². The Kier molecular flexibility index (Phi) is 5.33. The first kappa shape index (κ1) is 16.7. The number of aromatic amines is 1. The van der Waals surface area contributed by atoms with Crippen LogP contribution < -0.4 is 5.32 Å². The Hall–Kier alpha value is -1.70. The number of likely N-dealkylation sites (tertiary alicyclic amines) is 1. The molecule has 1 aliphatic rings. The molecule has 1 aromatic rings. The van der Waals surface area contributed by atoms with Gasteiger partial charge < -0.3 is 15.0 Å². The Morgan fingerprint density at radius 3 is 2.91 bits per heavy atom. The molecule has 1 aromatic heterocycles. The third-order valence-corrected chi connectivity index (χ3v) is 3.66. The van der Waals surface area contributed by atoms with E-state index in [2.05, 4.69) is 25.9 Å². The van der Waals surface area contributed by atoms with Gasteiger partial charge in [0.1, 0.15) is 5.60 Å². The summed E-state index contributed by atoms with van der Waals surface area (Å²) < 4.78 is 5.51. The lowest BCUT2D eigenvalue weighted by Gasteiger charge is -2.37. The van der Waals surface area contributed by atoms with Crippen molar-refractivity contribution < 1.29 is 9.53 Å². The van der Waals surface area contributed by atoms with Crippen LogP contribution in [0, 0.1) is 0 Å². The molecule has 8 heteroatoms. The van der Waals surface area contributed by atoms with Crippen LogP contribution in [0.1, 0.15) is 58.8 Å². The number of carbonyl (C=O) groups is 1. The molecule has 1 saturated heterocycles. The molecule has 8 nitrogen and oxygen atoms in total. The Morgan fingerprint density at radius 1 is 1.50 bits per heavy atom. The lowest BCUT2D eigenvalue weighted by Crippen LogP contribution is -2.50. The first-order chi connectivity index (χ1) is 10.4. The van der Waals surface area contributed by atoms with E-state index in [1.165, 1.54) is 0 Å². The normalized spacial score (nSPS) is 20.7. The molecule has 124 valence electrons. The summed E-state index contributed by atoms with van der Waals surface area (Å²) in [6, 6.07) is 0.124. The molecule has 1 fully saturated rings. The number of ether oxygens (including phenoxy) is 1. The molecular formula is C14H26N6O2. The minimum atomic E-state index is -0.468. The largest absolute Gasteiger partial charge is 0.444 e. The minimum absolute atomic E-state index is 0.0128. The summed E-state index contributed by atoms with van der Waals surface area (Å²) in [4.78, 5) is 14.2. The van der Waals surface area contributed by atoms with Gasteiger partial charge in [-0.25, -0.2) is 4.79 Å². The number of piperidine rings is 1. The highest BCUT2D eigenvalue weighted by Gasteiger charge is 2.30. The predicted molar refractivity (Wildman–Crippen MR) is 81.2 cm³/mol. The number of nitrogens with one attached hydrogen (secondary N) is 2. The van der Waals surface area contributed by atoms with Crippen LogP contribution in [0.25, 0.3) is 0 Å². The van der Waals surface area contributed by atoms with Crippen molar-refractivity contribution in [2.45, 2.75) is 64.6 Å². The summed E-state index contributed by atoms with van der Waals surface area (Å²) in [6.07, 6.45) is 2.90. The number of H-pyrrole nitrogens is 1. The van der Waals surface area contributed by atoms with E-state index in [1.807, 2.05) is 32.6 Å². The van der Waals surface area contributed by atoms with Crippen molar-refractivity contribution in [3.05, 3.63) is 5.82 Å². The highest BCUT2D eigenvalue weighted by atomic mass is 16.6. The standard InChI is InChI=1S/C14H26N6O2/c1-10(12-16-18-19-17-12)15-9-11-7-5-6-8-20(11)13(21)22-14(2,3)4/h10-11,15H,5-9H2,1-4H3,(H,16,17,18,19). The van der Waals surface area contributed by atoms with Crippen LogP contribution in [0.5, 0.6) is 0 Å². The molecule has 22 heavy (non-hydrogen) atoms. The molecule has 0 spiro atoms. The van der Waals surface area contributed by atoms with Crippen molar-refractivity contribution >= 4 is 6.09 Å². The summed E-state index contributed by atoms with van der Waals surface area (Å²) in [6.45, 7) is 9.08. The summed E-state index contributed by atoms with van der Waals surface area (Å²) >= 11 is 0. The molecule has 1 amide bonds. The molecule has 0 saturated carbocycles. The van der Waals surface area contributed by atoms with Crippen molar-refractivity contribution in [3.8, 4) is 0 Å². The fourth-order valence-corrected chi connectivity index (χ4v) is 2.53. The molecule has 2 atom stereocenters. The van der Waals surface area contributed by atoms with Crippen molar-refractivity contribution in [1.82, 2.24) is 30.8 Å². The van der Waals surface area contributed by atoms with Gasteiger partial charge >= 0.3 is 6.09 Å². The van der Waals surface area contributed by atoms with Gasteiger partial charge in [-0.05, 0) is 47.0 Å². The van der Waals surface area contributed by atoms with Crippen LogP contribution in [0.4, 0.5) is 4.79 Å². The number of rotatable bonds is 4. The van der Waals surface area contributed by atoms with Gasteiger partial charge in [0.15, 0.2) is 5.82 Å². The second-order valence-electron chi connectivity index (χ2n) is 6.72. The van der Waals surface area contributed by atoms with Gasteiger partial charge in [-0.15, -0.1) is 10.2 Å². The quantitative estimate of drug-likeness (QED) is 0.877. The third-order valence-electron chi connectivity index (χ3n) is 3.66. The lowest BCUT2D eigenvalue weighted by molar-refractivity contribution is 0.00968. The average Bonchev–Trinajstić information content (AvgIpc) is 2.97. The van der Waals surface area contributed by atoms with Gasteiger partial charge in [-0.1, -0.05) is 5.21 Å². The van der Waals surface area contributed by atoms with Crippen LogP contribution in [-0.4, -0.2) is 56.3 Å². The Bertz CT molecular complexity index is 470. The molecular weight excluding hydrogens is 284 g/mol. The van der Waals surface area contributed by atoms with Crippen molar-refractivity contribution in [2.75, 3.05) is 13.1 Å². The van der Waals surface area contributed by atoms with Crippen molar-refractivity contribution in [3.63, 3.8) is 0 Å². The van der Waals surface area contributed by atoms with E-state index < -0.39 is 5.60 Å². The van der Waals surface area contributed by atoms with E-state index in [4.69, 9.17) is 4.74 Å². The summed E-state index contributed by atoms with van der Waals surface area (Å²) in [5, 5.41) is 17.3. The van der Waals surface area contributed by atoms with Crippen LogP contribution in [0.3, 0.4) is 0 Å². The summed E-state index contributed by atoms with van der Waals surface area (Å²) in [7, 11) is 0. The first-order valence-electron chi connectivity index (χ1n) is 7.83. The van der Waals surface area contributed by atoms with Crippen molar-refractivity contribution in [2.24, 2.45) is 0 Å². The SMILES string of the molecule is CC(NCC1CCCCN1C(=O)OC(C)(C)C)c1nn[nH]n1. The van der Waals surface area contributed by atoms with Gasteiger partial charge in [0.05, 0.1) is 6.04 Å². The van der Waals surface area contributed by atoms with Gasteiger partial charge in [0.2, 0.25) is 0 Å². The number of aromatic nitrogens is 4. The van der Waals surface area contributed by atoms with E-state index in [1.54, 1.807) is 0 Å². The van der Waals surface area contributed by atoms with Crippen LogP contribution in [0.15, 0.2) is 0 Å². The molecule has 0 aromatic carbocycles. The molecule has 1 aliphatic heterocycles. The van der Waals surface area contributed by atoms with Gasteiger partial charge in [-0.2, -0.15) is 5.21 Å². The molecule has 2 N–H and O–H groups in total. The number of tetrazole rings is 1. The zero-order chi connectivity index (χ0) is 16.2. The van der Waals surface area contributed by atoms with E-state index in [0.717, 1.165) is 25.8 Å². The molecule has 2 unspecified atom stereocenters. The highest BCUT2D eigenvalue weighted by molar-refractivity contribution is 5.68. The number of hydrogen-bond acceptors (Lipinski definition) is 6. The first-order valence-corrected chi connectivity index (χ1v) is 7.83. The maximum atomic E-state index is 12.3.